The smallest absolute Gasteiger partial charge is 0.311 e. The van der Waals surface area contributed by atoms with Crippen LogP contribution in [0.2, 0.25) is 0 Å². The average Bonchev–Trinajstić information content (AvgIpc) is 2.53. The van der Waals surface area contributed by atoms with Crippen LogP contribution in [0.15, 0.2) is 23.3 Å². The normalized spacial score (nSPS) is 39.9. The molecule has 0 aromatic heterocycles. The van der Waals surface area contributed by atoms with E-state index in [2.05, 4.69) is 39.8 Å². The van der Waals surface area contributed by atoms with Gasteiger partial charge in [-0.25, -0.2) is 0 Å². The van der Waals surface area contributed by atoms with E-state index < -0.39 is 0 Å². The number of hydrogen-bond acceptors (Lipinski definition) is 2. The van der Waals surface area contributed by atoms with E-state index >= 15 is 0 Å². The molecule has 1 unspecified atom stereocenters. The van der Waals surface area contributed by atoms with E-state index in [0.717, 1.165) is 19.3 Å². The predicted octanol–water partition coefficient (Wildman–Crippen LogP) is 5.29. The molecule has 23 heavy (non-hydrogen) atoms. The fourth-order valence-electron chi connectivity index (χ4n) is 5.82. The average molecular weight is 316 g/mol. The van der Waals surface area contributed by atoms with Gasteiger partial charge < -0.3 is 4.74 Å². The summed E-state index contributed by atoms with van der Waals surface area (Å²) in [5.41, 5.74) is 3.07. The molecule has 3 aliphatic rings. The van der Waals surface area contributed by atoms with Crippen molar-refractivity contribution in [2.75, 3.05) is 7.11 Å². The van der Waals surface area contributed by atoms with Crippen LogP contribution in [0.4, 0.5) is 0 Å². The summed E-state index contributed by atoms with van der Waals surface area (Å²) in [6, 6.07) is 0. The molecule has 3 aliphatic carbocycles. The summed E-state index contributed by atoms with van der Waals surface area (Å²) in [4.78, 5) is 12.5. The van der Waals surface area contributed by atoms with Gasteiger partial charge >= 0.3 is 5.97 Å². The van der Waals surface area contributed by atoms with Crippen molar-refractivity contribution in [2.45, 2.75) is 66.2 Å². The summed E-state index contributed by atoms with van der Waals surface area (Å²) < 4.78 is 5.20. The number of allylic oxidation sites excluding steroid dienone is 4. The Kier molecular flexibility index (Phi) is 4.23. The maximum absolute atomic E-state index is 12.5. The molecule has 0 aromatic rings. The van der Waals surface area contributed by atoms with Gasteiger partial charge in [-0.1, -0.05) is 44.9 Å². The highest BCUT2D eigenvalue weighted by molar-refractivity contribution is 5.77. The zero-order valence-corrected chi connectivity index (χ0v) is 15.4. The molecular formula is C21H32O2. The van der Waals surface area contributed by atoms with Gasteiger partial charge in [-0.05, 0) is 67.8 Å². The van der Waals surface area contributed by atoms with Crippen LogP contribution >= 0.6 is 0 Å². The Morgan fingerprint density at radius 2 is 2.04 bits per heavy atom. The number of carbonyl (C=O) groups is 1. The highest BCUT2D eigenvalue weighted by atomic mass is 16.5. The van der Waals surface area contributed by atoms with Crippen molar-refractivity contribution in [1.29, 1.82) is 0 Å². The minimum absolute atomic E-state index is 0.000467. The Morgan fingerprint density at radius 3 is 2.70 bits per heavy atom. The minimum atomic E-state index is -0.314. The van der Waals surface area contributed by atoms with Crippen LogP contribution in [0.3, 0.4) is 0 Å². The lowest BCUT2D eigenvalue weighted by Gasteiger charge is -2.57. The summed E-state index contributed by atoms with van der Waals surface area (Å²) in [6.07, 6.45) is 11.8. The number of fused-ring (bicyclic) bond motifs is 3. The van der Waals surface area contributed by atoms with Crippen LogP contribution in [0, 0.1) is 28.6 Å². The second-order valence-electron chi connectivity index (χ2n) is 8.73. The van der Waals surface area contributed by atoms with Crippen molar-refractivity contribution in [3.8, 4) is 0 Å². The van der Waals surface area contributed by atoms with Crippen LogP contribution in [0.1, 0.15) is 66.2 Å². The summed E-state index contributed by atoms with van der Waals surface area (Å²) >= 11 is 0. The van der Waals surface area contributed by atoms with Gasteiger partial charge in [-0.15, -0.1) is 0 Å². The van der Waals surface area contributed by atoms with Gasteiger partial charge in [0.2, 0.25) is 0 Å². The molecule has 1 fully saturated rings. The molecule has 2 heteroatoms. The SMILES string of the molecule is COC(=O)[C@]1(C)CCC[C@]2(C)C3CCC(C(C)C)=CC3=CC[C@@H]12. The Hall–Kier alpha value is -1.05. The summed E-state index contributed by atoms with van der Waals surface area (Å²) in [6.45, 7) is 9.20. The monoisotopic (exact) mass is 316 g/mol. The highest BCUT2D eigenvalue weighted by Gasteiger charge is 2.57. The topological polar surface area (TPSA) is 26.3 Å². The first-order valence-corrected chi connectivity index (χ1v) is 9.32. The summed E-state index contributed by atoms with van der Waals surface area (Å²) in [5, 5.41) is 0. The van der Waals surface area contributed by atoms with E-state index in [1.807, 2.05) is 0 Å². The molecule has 0 aliphatic heterocycles. The maximum atomic E-state index is 12.5. The van der Waals surface area contributed by atoms with Crippen molar-refractivity contribution < 1.29 is 9.53 Å². The number of hydrogen-bond donors (Lipinski definition) is 0. The Labute approximate surface area is 141 Å². The molecule has 0 radical (unpaired) electrons. The quantitative estimate of drug-likeness (QED) is 0.647. The fraction of sp³-hybridized carbons (Fsp3) is 0.762. The predicted molar refractivity (Wildman–Crippen MR) is 93.9 cm³/mol. The van der Waals surface area contributed by atoms with Crippen molar-refractivity contribution in [1.82, 2.24) is 0 Å². The third-order valence-corrected chi connectivity index (χ3v) is 7.23. The Morgan fingerprint density at radius 1 is 1.30 bits per heavy atom. The summed E-state index contributed by atoms with van der Waals surface area (Å²) in [7, 11) is 1.54. The van der Waals surface area contributed by atoms with Crippen molar-refractivity contribution in [2.24, 2.45) is 28.6 Å². The molecule has 128 valence electrons. The molecular weight excluding hydrogens is 284 g/mol. The molecule has 0 heterocycles. The molecule has 2 nitrogen and oxygen atoms in total. The molecule has 0 N–H and O–H groups in total. The first kappa shape index (κ1) is 16.8. The molecule has 3 rings (SSSR count). The zero-order chi connectivity index (χ0) is 16.8. The lowest BCUT2D eigenvalue weighted by molar-refractivity contribution is -0.166. The maximum Gasteiger partial charge on any atom is 0.311 e. The molecule has 0 saturated heterocycles. The van der Waals surface area contributed by atoms with Gasteiger partial charge in [0.1, 0.15) is 0 Å². The Balaban J connectivity index is 1.99. The number of rotatable bonds is 2. The molecule has 0 aromatic carbocycles. The van der Waals surface area contributed by atoms with Gasteiger partial charge in [-0.3, -0.25) is 4.79 Å². The summed E-state index contributed by atoms with van der Waals surface area (Å²) in [5.74, 6) is 1.68. The second kappa shape index (κ2) is 5.79. The lowest BCUT2D eigenvalue weighted by atomic mass is 9.47. The first-order valence-electron chi connectivity index (χ1n) is 9.32. The Bertz CT molecular complexity index is 556. The van der Waals surface area contributed by atoms with Gasteiger partial charge in [0.25, 0.3) is 0 Å². The third kappa shape index (κ3) is 2.49. The second-order valence-corrected chi connectivity index (χ2v) is 8.73. The molecule has 0 bridgehead atoms. The molecule has 4 atom stereocenters. The lowest BCUT2D eigenvalue weighted by Crippen LogP contribution is -2.53. The number of carbonyl (C=O) groups excluding carboxylic acids is 1. The third-order valence-electron chi connectivity index (χ3n) is 7.23. The van der Waals surface area contributed by atoms with Crippen LogP contribution in [-0.4, -0.2) is 13.1 Å². The van der Waals surface area contributed by atoms with E-state index in [4.69, 9.17) is 4.74 Å². The molecule has 1 saturated carbocycles. The first-order chi connectivity index (χ1) is 10.8. The van der Waals surface area contributed by atoms with E-state index in [1.165, 1.54) is 19.3 Å². The van der Waals surface area contributed by atoms with E-state index in [-0.39, 0.29) is 16.8 Å². The van der Waals surface area contributed by atoms with Crippen molar-refractivity contribution in [3.63, 3.8) is 0 Å². The number of methoxy groups -OCH3 is 1. The van der Waals surface area contributed by atoms with Crippen molar-refractivity contribution >= 4 is 5.97 Å². The van der Waals surface area contributed by atoms with Gasteiger partial charge in [0.15, 0.2) is 0 Å². The van der Waals surface area contributed by atoms with Crippen LogP contribution in [0.5, 0.6) is 0 Å². The highest BCUT2D eigenvalue weighted by Crippen LogP contribution is 2.62. The van der Waals surface area contributed by atoms with E-state index in [1.54, 1.807) is 18.3 Å². The van der Waals surface area contributed by atoms with Crippen LogP contribution in [0.25, 0.3) is 0 Å². The molecule has 0 spiro atoms. The van der Waals surface area contributed by atoms with E-state index in [0.29, 0.717) is 17.8 Å². The number of esters is 1. The fourth-order valence-corrected chi connectivity index (χ4v) is 5.82. The molecule has 0 amide bonds. The van der Waals surface area contributed by atoms with Crippen molar-refractivity contribution in [3.05, 3.63) is 23.3 Å². The van der Waals surface area contributed by atoms with Crippen LogP contribution in [-0.2, 0) is 9.53 Å². The van der Waals surface area contributed by atoms with Crippen LogP contribution < -0.4 is 0 Å². The standard InChI is InChI=1S/C21H32O2/c1-14(2)15-7-9-17-16(13-15)8-10-18-20(17,3)11-6-12-21(18,4)19(22)23-5/h8,13-14,17-18H,6-7,9-12H2,1-5H3/t17?,18-,20-,21-/m1/s1. The largest absolute Gasteiger partial charge is 0.469 e. The van der Waals surface area contributed by atoms with Gasteiger partial charge in [0.05, 0.1) is 12.5 Å². The minimum Gasteiger partial charge on any atom is -0.469 e. The van der Waals surface area contributed by atoms with E-state index in [9.17, 15) is 4.79 Å². The van der Waals surface area contributed by atoms with Gasteiger partial charge in [-0.2, -0.15) is 0 Å². The zero-order valence-electron chi connectivity index (χ0n) is 15.4. The number of ether oxygens (including phenoxy) is 1. The van der Waals surface area contributed by atoms with Gasteiger partial charge in [0, 0.05) is 0 Å².